The second kappa shape index (κ2) is 11.3. The molecule has 0 saturated heterocycles. The highest BCUT2D eigenvalue weighted by Gasteiger charge is 2.40. The van der Waals surface area contributed by atoms with E-state index < -0.39 is 5.66 Å². The summed E-state index contributed by atoms with van der Waals surface area (Å²) in [6, 6.07) is 30.3. The van der Waals surface area contributed by atoms with Gasteiger partial charge in [0.15, 0.2) is 5.66 Å². The van der Waals surface area contributed by atoms with Crippen LogP contribution in [-0.2, 0) is 28.0 Å². The van der Waals surface area contributed by atoms with Gasteiger partial charge < -0.3 is 4.74 Å². The number of ether oxygens (including phenoxy) is 1. The minimum Gasteiger partial charge on any atom is -0.463 e. The lowest BCUT2D eigenvalue weighted by Gasteiger charge is -2.34. The normalized spacial score (nSPS) is 11.2. The van der Waals surface area contributed by atoms with Crippen molar-refractivity contribution in [3.8, 4) is 0 Å². The topological polar surface area (TPSA) is 50.4 Å². The van der Waals surface area contributed by atoms with Crippen LogP contribution in [0.2, 0.25) is 0 Å². The molecule has 0 aliphatic carbocycles. The highest BCUT2D eigenvalue weighted by Crippen LogP contribution is 2.21. The quantitative estimate of drug-likeness (QED) is 0.375. The van der Waals surface area contributed by atoms with Gasteiger partial charge in [-0.25, -0.2) is 4.79 Å². The van der Waals surface area contributed by atoms with Crippen molar-refractivity contribution < 1.29 is 9.53 Å². The van der Waals surface area contributed by atoms with Crippen molar-refractivity contribution in [1.29, 1.82) is 0 Å². The highest BCUT2D eigenvalue weighted by atomic mass is 16.5. The number of nitrogens with one attached hydrogen (secondary N) is 2. The Morgan fingerprint density at radius 1 is 0.733 bits per heavy atom. The zero-order valence-corrected chi connectivity index (χ0v) is 17.5. The molecule has 2 N–H and O–H groups in total. The third kappa shape index (κ3) is 5.78. The Bertz CT molecular complexity index is 837. The summed E-state index contributed by atoms with van der Waals surface area (Å²) in [5.74, 6) is -0.308. The van der Waals surface area contributed by atoms with Gasteiger partial charge in [0.1, 0.15) is 0 Å². The van der Waals surface area contributed by atoms with Gasteiger partial charge >= 0.3 is 5.97 Å². The van der Waals surface area contributed by atoms with E-state index in [1.165, 1.54) is 11.1 Å². The molecule has 0 atom stereocenters. The summed E-state index contributed by atoms with van der Waals surface area (Å²) in [5, 5.41) is 6.97. The van der Waals surface area contributed by atoms with Crippen molar-refractivity contribution in [2.75, 3.05) is 19.7 Å². The number of esters is 1. The van der Waals surface area contributed by atoms with E-state index in [-0.39, 0.29) is 5.97 Å². The van der Waals surface area contributed by atoms with Gasteiger partial charge in [0.25, 0.3) is 0 Å². The van der Waals surface area contributed by atoms with Gasteiger partial charge in [0.05, 0.1) is 6.61 Å². The van der Waals surface area contributed by atoms with Crippen LogP contribution in [0.15, 0.2) is 91.0 Å². The molecule has 0 fully saturated rings. The SMILES string of the molecule is CCOC(=O)C(NCCc1ccccc1)(NCCc1ccccc1)c1ccccc1. The minimum absolute atomic E-state index is 0.308. The van der Waals surface area contributed by atoms with Crippen molar-refractivity contribution in [1.82, 2.24) is 10.6 Å². The Morgan fingerprint density at radius 2 is 1.17 bits per heavy atom. The molecule has 0 bridgehead atoms. The first kappa shape index (κ1) is 21.8. The standard InChI is InChI=1S/C26H30N2O2/c1-2-30-25(29)26(24-16-10-5-11-17-24,27-20-18-22-12-6-3-7-13-22)28-21-19-23-14-8-4-9-15-23/h3-17,27-28H,2,18-21H2,1H3. The van der Waals surface area contributed by atoms with Crippen molar-refractivity contribution in [3.05, 3.63) is 108 Å². The maximum Gasteiger partial charge on any atom is 0.346 e. The molecule has 3 rings (SSSR count). The maximum atomic E-state index is 13.2. The number of carbonyl (C=O) groups is 1. The van der Waals surface area contributed by atoms with E-state index >= 15 is 0 Å². The van der Waals surface area contributed by atoms with E-state index in [9.17, 15) is 4.79 Å². The van der Waals surface area contributed by atoms with Crippen LogP contribution in [0.25, 0.3) is 0 Å². The zero-order chi connectivity index (χ0) is 21.1. The van der Waals surface area contributed by atoms with Crippen molar-refractivity contribution in [2.24, 2.45) is 0 Å². The molecule has 0 radical (unpaired) electrons. The zero-order valence-electron chi connectivity index (χ0n) is 17.5. The largest absolute Gasteiger partial charge is 0.463 e. The Kier molecular flexibility index (Phi) is 8.19. The van der Waals surface area contributed by atoms with Gasteiger partial charge in [-0.05, 0) is 36.5 Å². The van der Waals surface area contributed by atoms with Crippen LogP contribution in [0.5, 0.6) is 0 Å². The summed E-state index contributed by atoms with van der Waals surface area (Å²) >= 11 is 0. The van der Waals surface area contributed by atoms with E-state index in [4.69, 9.17) is 4.74 Å². The van der Waals surface area contributed by atoms with Gasteiger partial charge in [0, 0.05) is 13.1 Å². The first-order chi connectivity index (χ1) is 14.7. The lowest BCUT2D eigenvalue weighted by molar-refractivity contribution is -0.153. The third-order valence-corrected chi connectivity index (χ3v) is 5.08. The molecule has 0 heterocycles. The average molecular weight is 403 g/mol. The Balaban J connectivity index is 1.80. The van der Waals surface area contributed by atoms with Crippen LogP contribution in [-0.4, -0.2) is 25.7 Å². The highest BCUT2D eigenvalue weighted by molar-refractivity contribution is 5.82. The Labute approximate surface area is 179 Å². The van der Waals surface area contributed by atoms with E-state index in [1.807, 2.05) is 73.7 Å². The summed E-state index contributed by atoms with van der Waals surface area (Å²) in [5.41, 5.74) is 2.20. The van der Waals surface area contributed by atoms with Crippen molar-refractivity contribution in [2.45, 2.75) is 25.4 Å². The smallest absolute Gasteiger partial charge is 0.346 e. The lowest BCUT2D eigenvalue weighted by atomic mass is 9.97. The summed E-state index contributed by atoms with van der Waals surface area (Å²) < 4.78 is 5.50. The molecule has 0 unspecified atom stereocenters. The summed E-state index contributed by atoms with van der Waals surface area (Å²) in [6.45, 7) is 3.43. The molecule has 30 heavy (non-hydrogen) atoms. The number of rotatable bonds is 11. The first-order valence-electron chi connectivity index (χ1n) is 10.6. The molecule has 3 aromatic rings. The van der Waals surface area contributed by atoms with E-state index in [2.05, 4.69) is 34.9 Å². The number of hydrogen-bond donors (Lipinski definition) is 2. The molecular weight excluding hydrogens is 372 g/mol. The lowest BCUT2D eigenvalue weighted by Crippen LogP contribution is -2.61. The number of benzene rings is 3. The fraction of sp³-hybridized carbons (Fsp3) is 0.269. The Morgan fingerprint density at radius 3 is 1.60 bits per heavy atom. The molecule has 3 aromatic carbocycles. The average Bonchev–Trinajstić information content (AvgIpc) is 2.80. The van der Waals surface area contributed by atoms with Crippen LogP contribution in [0.3, 0.4) is 0 Å². The molecule has 4 heteroatoms. The fourth-order valence-electron chi connectivity index (χ4n) is 3.53. The predicted molar refractivity (Wildman–Crippen MR) is 121 cm³/mol. The summed E-state index contributed by atoms with van der Waals surface area (Å²) in [7, 11) is 0. The summed E-state index contributed by atoms with van der Waals surface area (Å²) in [4.78, 5) is 13.2. The maximum absolute atomic E-state index is 13.2. The molecule has 0 amide bonds. The van der Waals surface area contributed by atoms with E-state index in [1.54, 1.807) is 0 Å². The van der Waals surface area contributed by atoms with Crippen LogP contribution in [0.1, 0.15) is 23.6 Å². The molecule has 0 aliphatic rings. The van der Waals surface area contributed by atoms with Gasteiger partial charge in [-0.15, -0.1) is 0 Å². The number of carbonyl (C=O) groups excluding carboxylic acids is 1. The predicted octanol–water partition coefficient (Wildman–Crippen LogP) is 4.07. The Hall–Kier alpha value is -2.95. The molecule has 156 valence electrons. The van der Waals surface area contributed by atoms with Gasteiger partial charge in [0.2, 0.25) is 0 Å². The second-order valence-corrected chi connectivity index (χ2v) is 7.16. The van der Waals surface area contributed by atoms with E-state index in [0.717, 1.165) is 18.4 Å². The van der Waals surface area contributed by atoms with Crippen LogP contribution >= 0.6 is 0 Å². The first-order valence-corrected chi connectivity index (χ1v) is 10.6. The molecule has 0 saturated carbocycles. The number of hydrogen-bond acceptors (Lipinski definition) is 4. The second-order valence-electron chi connectivity index (χ2n) is 7.16. The van der Waals surface area contributed by atoms with Crippen molar-refractivity contribution in [3.63, 3.8) is 0 Å². The summed E-state index contributed by atoms with van der Waals surface area (Å²) in [6.07, 6.45) is 1.63. The van der Waals surface area contributed by atoms with Crippen LogP contribution < -0.4 is 10.6 Å². The van der Waals surface area contributed by atoms with E-state index in [0.29, 0.717) is 19.7 Å². The minimum atomic E-state index is -1.10. The van der Waals surface area contributed by atoms with Gasteiger partial charge in [-0.3, -0.25) is 10.6 Å². The fourth-order valence-corrected chi connectivity index (χ4v) is 3.53. The van der Waals surface area contributed by atoms with Gasteiger partial charge in [-0.1, -0.05) is 91.0 Å². The van der Waals surface area contributed by atoms with Crippen LogP contribution in [0, 0.1) is 0 Å². The monoisotopic (exact) mass is 402 g/mol. The third-order valence-electron chi connectivity index (χ3n) is 5.08. The molecular formula is C26H30N2O2. The van der Waals surface area contributed by atoms with Gasteiger partial charge in [-0.2, -0.15) is 0 Å². The molecule has 0 aliphatic heterocycles. The molecule has 4 nitrogen and oxygen atoms in total. The van der Waals surface area contributed by atoms with Crippen molar-refractivity contribution >= 4 is 5.97 Å². The molecule has 0 aromatic heterocycles. The molecule has 0 spiro atoms. The van der Waals surface area contributed by atoms with Crippen LogP contribution in [0.4, 0.5) is 0 Å².